The molecule has 2 N–H and O–H groups in total. The minimum Gasteiger partial charge on any atom is -0.481 e. The molecule has 1 unspecified atom stereocenters. The van der Waals surface area contributed by atoms with Crippen LogP contribution in [0.25, 0.3) is 0 Å². The highest BCUT2D eigenvalue weighted by atomic mass is 35.5. The fourth-order valence-electron chi connectivity index (χ4n) is 1.72. The standard InChI is InChI=1S/C12H12ClNO5/c1-6(2-10(15)16)14-12(17)7-3-8(13)11-9(4-7)18-5-19-11/h3-4,6H,2,5H2,1H3,(H,14,17)(H,15,16). The van der Waals surface area contributed by atoms with Crippen molar-refractivity contribution in [1.29, 1.82) is 0 Å². The lowest BCUT2D eigenvalue weighted by molar-refractivity contribution is -0.137. The summed E-state index contributed by atoms with van der Waals surface area (Å²) in [4.78, 5) is 22.5. The maximum Gasteiger partial charge on any atom is 0.305 e. The van der Waals surface area contributed by atoms with Crippen molar-refractivity contribution in [3.8, 4) is 11.5 Å². The Balaban J connectivity index is 2.12. The van der Waals surface area contributed by atoms with E-state index in [9.17, 15) is 9.59 Å². The Morgan fingerprint density at radius 2 is 2.21 bits per heavy atom. The molecule has 19 heavy (non-hydrogen) atoms. The largest absolute Gasteiger partial charge is 0.481 e. The SMILES string of the molecule is CC(CC(=O)O)NC(=O)c1cc(Cl)c2c(c1)OCO2. The number of ether oxygens (including phenoxy) is 2. The Morgan fingerprint density at radius 1 is 1.47 bits per heavy atom. The summed E-state index contributed by atoms with van der Waals surface area (Å²) < 4.78 is 10.3. The summed E-state index contributed by atoms with van der Waals surface area (Å²) in [5.74, 6) is -0.564. The lowest BCUT2D eigenvalue weighted by Crippen LogP contribution is -2.34. The Morgan fingerprint density at radius 3 is 2.89 bits per heavy atom. The Hall–Kier alpha value is -1.95. The molecule has 1 heterocycles. The van der Waals surface area contributed by atoms with Crippen LogP contribution in [0.3, 0.4) is 0 Å². The summed E-state index contributed by atoms with van der Waals surface area (Å²) in [5, 5.41) is 11.5. The van der Waals surface area contributed by atoms with Crippen molar-refractivity contribution in [3.05, 3.63) is 22.7 Å². The molecule has 6 nitrogen and oxygen atoms in total. The van der Waals surface area contributed by atoms with Crippen molar-refractivity contribution in [3.63, 3.8) is 0 Å². The van der Waals surface area contributed by atoms with Crippen molar-refractivity contribution in [1.82, 2.24) is 5.32 Å². The van der Waals surface area contributed by atoms with E-state index in [1.54, 1.807) is 6.92 Å². The average Bonchev–Trinajstić information content (AvgIpc) is 2.76. The Bertz CT molecular complexity index is 531. The number of hydrogen-bond acceptors (Lipinski definition) is 4. The molecule has 1 aromatic rings. The normalized spacial score (nSPS) is 14.0. The van der Waals surface area contributed by atoms with Gasteiger partial charge in [-0.3, -0.25) is 9.59 Å². The van der Waals surface area contributed by atoms with Gasteiger partial charge in [0.15, 0.2) is 11.5 Å². The second-order valence-electron chi connectivity index (χ2n) is 4.16. The maximum atomic E-state index is 11.9. The number of hydrogen-bond donors (Lipinski definition) is 2. The highest BCUT2D eigenvalue weighted by Crippen LogP contribution is 2.39. The lowest BCUT2D eigenvalue weighted by atomic mass is 10.1. The van der Waals surface area contributed by atoms with Crippen LogP contribution in [-0.2, 0) is 4.79 Å². The second-order valence-corrected chi connectivity index (χ2v) is 4.57. The number of carbonyl (C=O) groups is 2. The molecule has 0 saturated heterocycles. The van der Waals surface area contributed by atoms with Gasteiger partial charge in [0.25, 0.3) is 5.91 Å². The molecule has 0 aliphatic carbocycles. The summed E-state index contributed by atoms with van der Waals surface area (Å²) in [7, 11) is 0. The smallest absolute Gasteiger partial charge is 0.305 e. The van der Waals surface area contributed by atoms with E-state index in [0.717, 1.165) is 0 Å². The molecule has 2 rings (SSSR count). The monoisotopic (exact) mass is 285 g/mol. The van der Waals surface area contributed by atoms with Crippen LogP contribution in [-0.4, -0.2) is 29.8 Å². The van der Waals surface area contributed by atoms with Gasteiger partial charge in [0.1, 0.15) is 0 Å². The van der Waals surface area contributed by atoms with Gasteiger partial charge in [-0.05, 0) is 19.1 Å². The van der Waals surface area contributed by atoms with Crippen LogP contribution >= 0.6 is 11.6 Å². The van der Waals surface area contributed by atoms with E-state index in [-0.39, 0.29) is 18.2 Å². The van der Waals surface area contributed by atoms with E-state index >= 15 is 0 Å². The second kappa shape index (κ2) is 5.36. The minimum atomic E-state index is -0.975. The molecule has 0 radical (unpaired) electrons. The van der Waals surface area contributed by atoms with Gasteiger partial charge in [-0.15, -0.1) is 0 Å². The molecule has 1 amide bonds. The number of carboxylic acids is 1. The number of rotatable bonds is 4. The molecule has 1 atom stereocenters. The van der Waals surface area contributed by atoms with Crippen LogP contribution in [0.2, 0.25) is 5.02 Å². The Kier molecular flexibility index (Phi) is 3.80. The summed E-state index contributed by atoms with van der Waals surface area (Å²) in [6.07, 6.45) is -0.149. The third kappa shape index (κ3) is 3.08. The molecule has 1 aliphatic heterocycles. The van der Waals surface area contributed by atoms with Crippen LogP contribution < -0.4 is 14.8 Å². The third-order valence-electron chi connectivity index (χ3n) is 2.55. The average molecular weight is 286 g/mol. The number of amides is 1. The quantitative estimate of drug-likeness (QED) is 0.879. The topological polar surface area (TPSA) is 84.9 Å². The van der Waals surface area contributed by atoms with E-state index in [0.29, 0.717) is 17.1 Å². The van der Waals surface area contributed by atoms with E-state index in [2.05, 4.69) is 5.32 Å². The van der Waals surface area contributed by atoms with Gasteiger partial charge in [-0.2, -0.15) is 0 Å². The van der Waals surface area contributed by atoms with Crippen LogP contribution in [0, 0.1) is 0 Å². The van der Waals surface area contributed by atoms with E-state index in [1.807, 2.05) is 0 Å². The summed E-state index contributed by atoms with van der Waals surface area (Å²) in [5.41, 5.74) is 0.298. The molecular weight excluding hydrogens is 274 g/mol. The molecule has 0 fully saturated rings. The van der Waals surface area contributed by atoms with Crippen LogP contribution in [0.5, 0.6) is 11.5 Å². The molecule has 0 bridgehead atoms. The van der Waals surface area contributed by atoms with E-state index in [1.165, 1.54) is 12.1 Å². The predicted octanol–water partition coefficient (Wildman–Crippen LogP) is 1.66. The minimum absolute atomic E-state index is 0.0650. The van der Waals surface area contributed by atoms with Crippen molar-refractivity contribution in [2.45, 2.75) is 19.4 Å². The van der Waals surface area contributed by atoms with Gasteiger partial charge in [0.05, 0.1) is 11.4 Å². The molecule has 7 heteroatoms. The number of carboxylic acid groups (broad SMARTS) is 1. The predicted molar refractivity (Wildman–Crippen MR) is 66.8 cm³/mol. The maximum absolute atomic E-state index is 11.9. The fourth-order valence-corrected chi connectivity index (χ4v) is 1.98. The summed E-state index contributed by atoms with van der Waals surface area (Å²) >= 11 is 5.96. The van der Waals surface area contributed by atoms with E-state index < -0.39 is 17.9 Å². The van der Waals surface area contributed by atoms with Crippen molar-refractivity contribution in [2.75, 3.05) is 6.79 Å². The first kappa shape index (κ1) is 13.5. The number of nitrogens with one attached hydrogen (secondary N) is 1. The fraction of sp³-hybridized carbons (Fsp3) is 0.333. The Labute approximate surface area is 114 Å². The van der Waals surface area contributed by atoms with Crippen molar-refractivity contribution >= 4 is 23.5 Å². The zero-order valence-corrected chi connectivity index (χ0v) is 10.9. The molecule has 1 aromatic carbocycles. The highest BCUT2D eigenvalue weighted by molar-refractivity contribution is 6.32. The first-order chi connectivity index (χ1) is 8.97. The summed E-state index contributed by atoms with van der Waals surface area (Å²) in [6.45, 7) is 1.68. The van der Waals surface area contributed by atoms with Gasteiger partial charge in [0, 0.05) is 11.6 Å². The molecule has 0 saturated carbocycles. The van der Waals surface area contributed by atoms with Crippen molar-refractivity contribution < 1.29 is 24.2 Å². The molecule has 0 aromatic heterocycles. The van der Waals surface area contributed by atoms with Crippen molar-refractivity contribution in [2.24, 2.45) is 0 Å². The zero-order valence-electron chi connectivity index (χ0n) is 10.1. The zero-order chi connectivity index (χ0) is 14.0. The summed E-state index contributed by atoms with van der Waals surface area (Å²) in [6, 6.07) is 2.49. The molecule has 102 valence electrons. The lowest BCUT2D eigenvalue weighted by Gasteiger charge is -2.12. The van der Waals surface area contributed by atoms with Crippen LogP contribution in [0.1, 0.15) is 23.7 Å². The first-order valence-corrected chi connectivity index (χ1v) is 5.97. The van der Waals surface area contributed by atoms with Gasteiger partial charge in [-0.25, -0.2) is 0 Å². The number of aliphatic carboxylic acids is 1. The van der Waals surface area contributed by atoms with E-state index in [4.69, 9.17) is 26.2 Å². The van der Waals surface area contributed by atoms with Gasteiger partial charge < -0.3 is 19.9 Å². The van der Waals surface area contributed by atoms with Gasteiger partial charge >= 0.3 is 5.97 Å². The number of benzene rings is 1. The highest BCUT2D eigenvalue weighted by Gasteiger charge is 2.21. The first-order valence-electron chi connectivity index (χ1n) is 5.59. The number of carbonyl (C=O) groups excluding carboxylic acids is 1. The number of halogens is 1. The van der Waals surface area contributed by atoms with Crippen LogP contribution in [0.15, 0.2) is 12.1 Å². The van der Waals surface area contributed by atoms with Crippen LogP contribution in [0.4, 0.5) is 0 Å². The third-order valence-corrected chi connectivity index (χ3v) is 2.83. The number of fused-ring (bicyclic) bond motifs is 1. The van der Waals surface area contributed by atoms with Gasteiger partial charge in [0.2, 0.25) is 6.79 Å². The van der Waals surface area contributed by atoms with Gasteiger partial charge in [-0.1, -0.05) is 11.6 Å². The molecule has 0 spiro atoms. The molecule has 1 aliphatic rings. The molecular formula is C12H12ClNO5.